The van der Waals surface area contributed by atoms with Crippen LogP contribution in [0.3, 0.4) is 0 Å². The molecule has 1 rings (SSSR count). The lowest BCUT2D eigenvalue weighted by molar-refractivity contribution is -0.173. The SMILES string of the molecule is CCCc1ccc(NCCCOCC(F)(F)F)cc1. The third kappa shape index (κ3) is 7.72. The zero-order valence-electron chi connectivity index (χ0n) is 11.1. The molecule has 108 valence electrons. The number of hydrogen-bond donors (Lipinski definition) is 1. The predicted molar refractivity (Wildman–Crippen MR) is 70.4 cm³/mol. The second-order valence-electron chi connectivity index (χ2n) is 4.40. The Bertz CT molecular complexity index is 349. The van der Waals surface area contributed by atoms with E-state index in [0.717, 1.165) is 18.5 Å². The van der Waals surface area contributed by atoms with Crippen molar-refractivity contribution in [3.05, 3.63) is 29.8 Å². The lowest BCUT2D eigenvalue weighted by atomic mass is 10.1. The summed E-state index contributed by atoms with van der Waals surface area (Å²) in [6.07, 6.45) is -1.51. The molecule has 0 radical (unpaired) electrons. The number of hydrogen-bond acceptors (Lipinski definition) is 2. The highest BCUT2D eigenvalue weighted by Crippen LogP contribution is 2.14. The fraction of sp³-hybridized carbons (Fsp3) is 0.571. The predicted octanol–water partition coefficient (Wildman–Crippen LogP) is 4.02. The molecule has 1 aromatic rings. The molecule has 2 nitrogen and oxygen atoms in total. The number of benzene rings is 1. The Balaban J connectivity index is 2.12. The molecule has 0 aliphatic heterocycles. The van der Waals surface area contributed by atoms with Crippen molar-refractivity contribution >= 4 is 5.69 Å². The first-order chi connectivity index (χ1) is 9.01. The summed E-state index contributed by atoms with van der Waals surface area (Å²) >= 11 is 0. The maximum absolute atomic E-state index is 11.8. The molecule has 0 aliphatic rings. The van der Waals surface area contributed by atoms with Gasteiger partial charge < -0.3 is 10.1 Å². The van der Waals surface area contributed by atoms with Crippen molar-refractivity contribution in [3.63, 3.8) is 0 Å². The fourth-order valence-corrected chi connectivity index (χ4v) is 1.67. The Kier molecular flexibility index (Phi) is 6.70. The smallest absolute Gasteiger partial charge is 0.385 e. The van der Waals surface area contributed by atoms with Crippen molar-refractivity contribution in [2.75, 3.05) is 25.1 Å². The van der Waals surface area contributed by atoms with Crippen LogP contribution in [-0.2, 0) is 11.2 Å². The number of aryl methyl sites for hydroxylation is 1. The van der Waals surface area contributed by atoms with Crippen LogP contribution in [0.2, 0.25) is 0 Å². The topological polar surface area (TPSA) is 21.3 Å². The summed E-state index contributed by atoms with van der Waals surface area (Å²) in [6, 6.07) is 8.10. The lowest BCUT2D eigenvalue weighted by Gasteiger charge is -2.09. The van der Waals surface area contributed by atoms with Crippen molar-refractivity contribution in [2.24, 2.45) is 0 Å². The summed E-state index contributed by atoms with van der Waals surface area (Å²) in [5.74, 6) is 0. The number of alkyl halides is 3. The molecule has 1 N–H and O–H groups in total. The number of rotatable bonds is 8. The van der Waals surface area contributed by atoms with Gasteiger partial charge in [0.1, 0.15) is 6.61 Å². The number of anilines is 1. The van der Waals surface area contributed by atoms with Gasteiger partial charge in [-0.15, -0.1) is 0 Å². The molecule has 1 aromatic carbocycles. The van der Waals surface area contributed by atoms with E-state index in [1.165, 1.54) is 5.56 Å². The van der Waals surface area contributed by atoms with Crippen LogP contribution in [0.1, 0.15) is 25.3 Å². The molecular formula is C14H20F3NO. The van der Waals surface area contributed by atoms with Gasteiger partial charge in [-0.25, -0.2) is 0 Å². The van der Waals surface area contributed by atoms with E-state index in [4.69, 9.17) is 0 Å². The highest BCUT2D eigenvalue weighted by molar-refractivity contribution is 5.44. The highest BCUT2D eigenvalue weighted by Gasteiger charge is 2.27. The molecule has 5 heteroatoms. The van der Waals surface area contributed by atoms with Gasteiger partial charge in [0.05, 0.1) is 0 Å². The highest BCUT2D eigenvalue weighted by atomic mass is 19.4. The molecule has 0 aromatic heterocycles. The molecule has 0 bridgehead atoms. The zero-order valence-corrected chi connectivity index (χ0v) is 11.1. The van der Waals surface area contributed by atoms with Crippen LogP contribution < -0.4 is 5.32 Å². The van der Waals surface area contributed by atoms with Crippen molar-refractivity contribution in [3.8, 4) is 0 Å². The minimum absolute atomic E-state index is 0.112. The van der Waals surface area contributed by atoms with Crippen molar-refractivity contribution in [1.82, 2.24) is 0 Å². The lowest BCUT2D eigenvalue weighted by Crippen LogP contribution is -2.18. The Hall–Kier alpha value is -1.23. The van der Waals surface area contributed by atoms with Gasteiger partial charge in [0.15, 0.2) is 0 Å². The van der Waals surface area contributed by atoms with Gasteiger partial charge in [-0.05, 0) is 30.5 Å². The van der Waals surface area contributed by atoms with Gasteiger partial charge >= 0.3 is 6.18 Å². The van der Waals surface area contributed by atoms with Crippen LogP contribution in [0.15, 0.2) is 24.3 Å². The van der Waals surface area contributed by atoms with Crippen LogP contribution in [0.5, 0.6) is 0 Å². The number of halogens is 3. The van der Waals surface area contributed by atoms with Crippen molar-refractivity contribution in [1.29, 1.82) is 0 Å². The van der Waals surface area contributed by atoms with E-state index >= 15 is 0 Å². The second-order valence-corrected chi connectivity index (χ2v) is 4.40. The van der Waals surface area contributed by atoms with Gasteiger partial charge in [-0.3, -0.25) is 0 Å². The molecule has 19 heavy (non-hydrogen) atoms. The van der Waals surface area contributed by atoms with E-state index in [1.807, 2.05) is 12.1 Å². The number of nitrogens with one attached hydrogen (secondary N) is 1. The molecule has 0 fully saturated rings. The minimum atomic E-state index is -4.23. The summed E-state index contributed by atoms with van der Waals surface area (Å²) in [7, 11) is 0. The normalized spacial score (nSPS) is 11.6. The maximum atomic E-state index is 11.8. The van der Waals surface area contributed by atoms with Crippen LogP contribution in [0.4, 0.5) is 18.9 Å². The third-order valence-electron chi connectivity index (χ3n) is 2.55. The van der Waals surface area contributed by atoms with E-state index < -0.39 is 12.8 Å². The van der Waals surface area contributed by atoms with Gasteiger partial charge in [0, 0.05) is 18.8 Å². The van der Waals surface area contributed by atoms with Crippen molar-refractivity contribution < 1.29 is 17.9 Å². The second kappa shape index (κ2) is 8.04. The summed E-state index contributed by atoms with van der Waals surface area (Å²) in [6.45, 7) is 1.68. The Morgan fingerprint density at radius 3 is 2.42 bits per heavy atom. The average Bonchev–Trinajstić information content (AvgIpc) is 2.35. The first-order valence-corrected chi connectivity index (χ1v) is 6.48. The molecule has 0 saturated carbocycles. The van der Waals surface area contributed by atoms with E-state index in [2.05, 4.69) is 29.1 Å². The van der Waals surface area contributed by atoms with Crippen LogP contribution in [0.25, 0.3) is 0 Å². The summed E-state index contributed by atoms with van der Waals surface area (Å²) in [4.78, 5) is 0. The monoisotopic (exact) mass is 275 g/mol. The van der Waals surface area contributed by atoms with Gasteiger partial charge in [0.2, 0.25) is 0 Å². The van der Waals surface area contributed by atoms with E-state index in [1.54, 1.807) is 0 Å². The Morgan fingerprint density at radius 2 is 1.84 bits per heavy atom. The van der Waals surface area contributed by atoms with Crippen LogP contribution in [-0.4, -0.2) is 25.9 Å². The average molecular weight is 275 g/mol. The van der Waals surface area contributed by atoms with Gasteiger partial charge in [-0.1, -0.05) is 25.5 Å². The maximum Gasteiger partial charge on any atom is 0.411 e. The molecule has 0 saturated heterocycles. The molecule has 0 atom stereocenters. The van der Waals surface area contributed by atoms with Gasteiger partial charge in [0.25, 0.3) is 0 Å². The molecule has 0 spiro atoms. The summed E-state index contributed by atoms with van der Waals surface area (Å²) in [5, 5.41) is 3.15. The van der Waals surface area contributed by atoms with Crippen LogP contribution in [0, 0.1) is 0 Å². The van der Waals surface area contributed by atoms with E-state index in [9.17, 15) is 13.2 Å². The Morgan fingerprint density at radius 1 is 1.16 bits per heavy atom. The van der Waals surface area contributed by atoms with E-state index in [-0.39, 0.29) is 6.61 Å². The molecule has 0 amide bonds. The minimum Gasteiger partial charge on any atom is -0.385 e. The number of ether oxygens (including phenoxy) is 1. The van der Waals surface area contributed by atoms with Crippen LogP contribution >= 0.6 is 0 Å². The van der Waals surface area contributed by atoms with E-state index in [0.29, 0.717) is 13.0 Å². The first kappa shape index (κ1) is 15.8. The Labute approximate surface area is 112 Å². The largest absolute Gasteiger partial charge is 0.411 e. The zero-order chi connectivity index (χ0) is 14.1. The summed E-state index contributed by atoms with van der Waals surface area (Å²) < 4.78 is 39.9. The van der Waals surface area contributed by atoms with Gasteiger partial charge in [-0.2, -0.15) is 13.2 Å². The molecule has 0 aliphatic carbocycles. The molecular weight excluding hydrogens is 255 g/mol. The third-order valence-corrected chi connectivity index (χ3v) is 2.55. The fourth-order valence-electron chi connectivity index (χ4n) is 1.67. The van der Waals surface area contributed by atoms with Crippen molar-refractivity contribution in [2.45, 2.75) is 32.4 Å². The first-order valence-electron chi connectivity index (χ1n) is 6.48. The standard InChI is InChI=1S/C14H20F3NO/c1-2-4-12-5-7-13(8-6-12)18-9-3-10-19-11-14(15,16)17/h5-8,18H,2-4,9-11H2,1H3. The summed E-state index contributed by atoms with van der Waals surface area (Å²) in [5.41, 5.74) is 2.28. The quantitative estimate of drug-likeness (QED) is 0.723. The molecule has 0 unspecified atom stereocenters. The molecule has 0 heterocycles.